The molecule has 0 fully saturated rings. The molecule has 32 heavy (non-hydrogen) atoms. The number of carbonyl (C=O) groups excluding carboxylic acids is 1. The highest BCUT2D eigenvalue weighted by Crippen LogP contribution is 2.44. The van der Waals surface area contributed by atoms with Gasteiger partial charge < -0.3 is 14.4 Å². The summed E-state index contributed by atoms with van der Waals surface area (Å²) in [6, 6.07) is 24.2. The number of carbonyl (C=O) groups is 1. The van der Waals surface area contributed by atoms with Crippen molar-refractivity contribution in [2.75, 3.05) is 18.5 Å². The number of rotatable bonds is 2. The number of amides is 1. The maximum absolute atomic E-state index is 13.4. The second kappa shape index (κ2) is 7.00. The van der Waals surface area contributed by atoms with Crippen molar-refractivity contribution >= 4 is 28.2 Å². The van der Waals surface area contributed by atoms with E-state index < -0.39 is 0 Å². The Hall–Kier alpha value is -4.04. The van der Waals surface area contributed by atoms with Crippen LogP contribution in [0.5, 0.6) is 0 Å². The molecule has 0 N–H and O–H groups in total. The lowest BCUT2D eigenvalue weighted by Gasteiger charge is -2.46. The van der Waals surface area contributed by atoms with Gasteiger partial charge >= 0.3 is 0 Å². The van der Waals surface area contributed by atoms with E-state index >= 15 is 0 Å². The van der Waals surface area contributed by atoms with E-state index in [0.29, 0.717) is 18.8 Å². The maximum atomic E-state index is 13.4. The van der Waals surface area contributed by atoms with Gasteiger partial charge in [-0.25, -0.2) is 4.85 Å². The Bertz CT molecular complexity index is 1410. The van der Waals surface area contributed by atoms with Gasteiger partial charge in [-0.1, -0.05) is 54.6 Å². The van der Waals surface area contributed by atoms with Crippen molar-refractivity contribution in [2.45, 2.75) is 19.1 Å². The third-order valence-electron chi connectivity index (χ3n) is 6.81. The molecule has 1 atom stereocenters. The van der Waals surface area contributed by atoms with E-state index in [4.69, 9.17) is 6.57 Å². The van der Waals surface area contributed by atoms with Crippen LogP contribution in [0.3, 0.4) is 0 Å². The molecule has 5 heteroatoms. The molecule has 0 aliphatic carbocycles. The third kappa shape index (κ3) is 2.59. The molecule has 0 bridgehead atoms. The van der Waals surface area contributed by atoms with Gasteiger partial charge in [0, 0.05) is 31.0 Å². The minimum atomic E-state index is -0.143. The Morgan fingerprint density at radius 1 is 1.00 bits per heavy atom. The van der Waals surface area contributed by atoms with Crippen LogP contribution in [-0.2, 0) is 13.0 Å². The summed E-state index contributed by atoms with van der Waals surface area (Å²) in [5.74, 6) is 0.104. The molecular formula is C27H22N4O. The zero-order valence-electron chi connectivity index (χ0n) is 17.8. The lowest BCUT2D eigenvalue weighted by molar-refractivity contribution is 0.0630. The highest BCUT2D eigenvalue weighted by atomic mass is 16.2. The Morgan fingerprint density at radius 2 is 1.75 bits per heavy atom. The molecule has 0 saturated heterocycles. The minimum absolute atomic E-state index is 0.104. The Kier molecular flexibility index (Phi) is 4.09. The van der Waals surface area contributed by atoms with Gasteiger partial charge in [0.25, 0.3) is 5.91 Å². The number of hydrogen-bond donors (Lipinski definition) is 0. The number of benzene rings is 3. The van der Waals surface area contributed by atoms with E-state index in [2.05, 4.69) is 45.6 Å². The SMILES string of the molecule is [C-]#[N+]c1ccc(Cn2c3c(c4ccccc42)CCN2C(=O)c4ccccc4N(C)C32)cc1. The van der Waals surface area contributed by atoms with Crippen LogP contribution in [0.1, 0.15) is 33.3 Å². The summed E-state index contributed by atoms with van der Waals surface area (Å²) >= 11 is 0. The van der Waals surface area contributed by atoms with E-state index in [1.54, 1.807) is 0 Å². The van der Waals surface area contributed by atoms with Gasteiger partial charge in [-0.15, -0.1) is 0 Å². The van der Waals surface area contributed by atoms with Gasteiger partial charge in [0.2, 0.25) is 0 Å². The van der Waals surface area contributed by atoms with Crippen LogP contribution < -0.4 is 4.90 Å². The van der Waals surface area contributed by atoms with Crippen LogP contribution in [0.2, 0.25) is 0 Å². The Labute approximate surface area is 186 Å². The van der Waals surface area contributed by atoms with Gasteiger partial charge in [-0.3, -0.25) is 4.79 Å². The van der Waals surface area contributed by atoms with Crippen LogP contribution >= 0.6 is 0 Å². The molecule has 0 spiro atoms. The predicted molar refractivity (Wildman–Crippen MR) is 126 cm³/mol. The Morgan fingerprint density at radius 3 is 2.56 bits per heavy atom. The van der Waals surface area contributed by atoms with E-state index in [1.807, 2.05) is 53.4 Å². The van der Waals surface area contributed by atoms with Crippen LogP contribution in [-0.4, -0.2) is 29.0 Å². The normalized spacial score (nSPS) is 17.0. The number of hydrogen-bond acceptors (Lipinski definition) is 2. The second-order valence-electron chi connectivity index (χ2n) is 8.50. The molecule has 5 nitrogen and oxygen atoms in total. The standard InChI is InChI=1S/C27H22N4O/c1-28-19-13-11-18(12-14-19)17-31-24-10-6-3-7-20(24)21-15-16-30-26(25(21)31)29(2)23-9-5-4-8-22(23)27(30)32/h3-14,26H,15-17H2,2H3. The number of nitrogens with zero attached hydrogens (tertiary/aromatic N) is 4. The summed E-state index contributed by atoms with van der Waals surface area (Å²) in [5.41, 5.74) is 7.25. The van der Waals surface area contributed by atoms with Crippen molar-refractivity contribution in [3.63, 3.8) is 0 Å². The van der Waals surface area contributed by atoms with E-state index in [-0.39, 0.29) is 12.1 Å². The summed E-state index contributed by atoms with van der Waals surface area (Å²) in [4.78, 5) is 21.2. The summed E-state index contributed by atoms with van der Waals surface area (Å²) in [6.45, 7) is 8.63. The molecule has 1 aromatic heterocycles. The Balaban J connectivity index is 1.55. The van der Waals surface area contributed by atoms with Gasteiger partial charge in [0.15, 0.2) is 5.69 Å². The summed E-state index contributed by atoms with van der Waals surface area (Å²) in [5, 5.41) is 1.26. The van der Waals surface area contributed by atoms with Crippen LogP contribution in [0.4, 0.5) is 11.4 Å². The molecule has 2 aliphatic rings. The first kappa shape index (κ1) is 18.7. The summed E-state index contributed by atoms with van der Waals surface area (Å²) < 4.78 is 2.37. The van der Waals surface area contributed by atoms with Gasteiger partial charge in [-0.05, 0) is 35.7 Å². The number of fused-ring (bicyclic) bond motifs is 6. The molecule has 1 unspecified atom stereocenters. The number of para-hydroxylation sites is 2. The van der Waals surface area contributed by atoms with Crippen LogP contribution in [0.25, 0.3) is 15.7 Å². The molecule has 156 valence electrons. The quantitative estimate of drug-likeness (QED) is 0.409. The fourth-order valence-corrected chi connectivity index (χ4v) is 5.34. The predicted octanol–water partition coefficient (Wildman–Crippen LogP) is 5.39. The molecular weight excluding hydrogens is 396 g/mol. The molecule has 3 heterocycles. The zero-order valence-corrected chi connectivity index (χ0v) is 17.8. The van der Waals surface area contributed by atoms with Crippen LogP contribution in [0.15, 0.2) is 72.8 Å². The fraction of sp³-hybridized carbons (Fsp3) is 0.185. The number of anilines is 1. The van der Waals surface area contributed by atoms with Crippen molar-refractivity contribution in [3.8, 4) is 0 Å². The second-order valence-corrected chi connectivity index (χ2v) is 8.50. The molecule has 0 radical (unpaired) electrons. The monoisotopic (exact) mass is 418 g/mol. The smallest absolute Gasteiger partial charge is 0.257 e. The highest BCUT2D eigenvalue weighted by Gasteiger charge is 2.42. The maximum Gasteiger partial charge on any atom is 0.257 e. The number of aromatic nitrogens is 1. The van der Waals surface area contributed by atoms with Gasteiger partial charge in [0.05, 0.1) is 23.5 Å². The molecule has 4 aromatic rings. The largest absolute Gasteiger partial charge is 0.349 e. The van der Waals surface area contributed by atoms with Crippen molar-refractivity contribution < 1.29 is 4.79 Å². The lowest BCUT2D eigenvalue weighted by atomic mass is 9.96. The van der Waals surface area contributed by atoms with Gasteiger partial charge in [0.1, 0.15) is 6.17 Å². The van der Waals surface area contributed by atoms with E-state index in [0.717, 1.165) is 23.2 Å². The van der Waals surface area contributed by atoms with Crippen LogP contribution in [0, 0.1) is 6.57 Å². The van der Waals surface area contributed by atoms with E-state index in [9.17, 15) is 4.79 Å². The fourth-order valence-electron chi connectivity index (χ4n) is 5.34. The summed E-state index contributed by atoms with van der Waals surface area (Å²) in [6.07, 6.45) is 0.702. The molecule has 3 aromatic carbocycles. The topological polar surface area (TPSA) is 32.8 Å². The molecule has 0 saturated carbocycles. The highest BCUT2D eigenvalue weighted by molar-refractivity contribution is 6.02. The average molecular weight is 419 g/mol. The van der Waals surface area contributed by atoms with Crippen molar-refractivity contribution in [1.29, 1.82) is 0 Å². The molecule has 2 aliphatic heterocycles. The minimum Gasteiger partial charge on any atom is -0.349 e. The van der Waals surface area contributed by atoms with Crippen molar-refractivity contribution in [1.82, 2.24) is 9.47 Å². The first-order valence-electron chi connectivity index (χ1n) is 10.9. The van der Waals surface area contributed by atoms with Crippen molar-refractivity contribution in [3.05, 3.63) is 107 Å². The lowest BCUT2D eigenvalue weighted by Crippen LogP contribution is -2.51. The molecule has 6 rings (SSSR count). The first-order valence-corrected chi connectivity index (χ1v) is 10.9. The third-order valence-corrected chi connectivity index (χ3v) is 6.81. The van der Waals surface area contributed by atoms with Gasteiger partial charge in [-0.2, -0.15) is 0 Å². The van der Waals surface area contributed by atoms with Crippen molar-refractivity contribution in [2.24, 2.45) is 0 Å². The first-order chi connectivity index (χ1) is 15.7. The summed E-state index contributed by atoms with van der Waals surface area (Å²) in [7, 11) is 2.09. The van der Waals surface area contributed by atoms with E-state index in [1.165, 1.54) is 22.2 Å². The zero-order chi connectivity index (χ0) is 21.8. The average Bonchev–Trinajstić information content (AvgIpc) is 3.16. The molecule has 1 amide bonds.